The van der Waals surface area contributed by atoms with Gasteiger partial charge in [-0.05, 0) is 19.1 Å². The summed E-state index contributed by atoms with van der Waals surface area (Å²) >= 11 is 0. The number of nitrogens with two attached hydrogens (primary N) is 1. The Morgan fingerprint density at radius 1 is 1.07 bits per heavy atom. The van der Waals surface area contributed by atoms with Crippen molar-refractivity contribution in [3.8, 4) is 0 Å². The van der Waals surface area contributed by atoms with Crippen LogP contribution in [0.4, 0.5) is 4.79 Å². The minimum Gasteiger partial charge on any atom is -0.463 e. The number of benzene rings is 1. The molecule has 1 saturated heterocycles. The van der Waals surface area contributed by atoms with Crippen molar-refractivity contribution in [1.29, 1.82) is 0 Å². The standard InChI is InChI=1S/C20H25N3O4/c1-2-26-20(25)23-12-10-22(11-13-23)18(24)15-21-19(17-9-6-14-27-17)16-7-4-3-5-8-16/h3-9,14,19,21H,2,10-13,15H2,1H3/p+1/t19-/m1/s1. The Labute approximate surface area is 158 Å². The van der Waals surface area contributed by atoms with E-state index in [1.807, 2.05) is 47.8 Å². The summed E-state index contributed by atoms with van der Waals surface area (Å²) in [7, 11) is 0. The molecule has 0 aliphatic carbocycles. The number of amides is 2. The molecule has 0 bridgehead atoms. The first-order chi connectivity index (χ1) is 13.2. The first-order valence-electron chi connectivity index (χ1n) is 9.30. The summed E-state index contributed by atoms with van der Waals surface area (Å²) in [4.78, 5) is 27.8. The van der Waals surface area contributed by atoms with E-state index in [0.717, 1.165) is 11.3 Å². The van der Waals surface area contributed by atoms with E-state index in [-0.39, 0.29) is 18.0 Å². The van der Waals surface area contributed by atoms with Gasteiger partial charge < -0.3 is 24.3 Å². The van der Waals surface area contributed by atoms with Crippen molar-refractivity contribution < 1.29 is 24.1 Å². The van der Waals surface area contributed by atoms with Crippen LogP contribution in [0.2, 0.25) is 0 Å². The first kappa shape index (κ1) is 19.0. The van der Waals surface area contributed by atoms with E-state index in [1.165, 1.54) is 0 Å². The Morgan fingerprint density at radius 2 is 1.78 bits per heavy atom. The number of hydrogen-bond acceptors (Lipinski definition) is 4. The van der Waals surface area contributed by atoms with Gasteiger partial charge in [-0.1, -0.05) is 30.3 Å². The summed E-state index contributed by atoms with van der Waals surface area (Å²) in [6, 6.07) is 13.7. The van der Waals surface area contributed by atoms with Gasteiger partial charge >= 0.3 is 6.09 Å². The van der Waals surface area contributed by atoms with E-state index in [0.29, 0.717) is 39.3 Å². The van der Waals surface area contributed by atoms with Crippen LogP contribution in [0, 0.1) is 0 Å². The molecule has 27 heavy (non-hydrogen) atoms. The number of nitrogens with zero attached hydrogens (tertiary/aromatic N) is 2. The molecule has 1 aromatic heterocycles. The largest absolute Gasteiger partial charge is 0.463 e. The van der Waals surface area contributed by atoms with Crippen molar-refractivity contribution in [3.63, 3.8) is 0 Å². The van der Waals surface area contributed by atoms with Crippen molar-refractivity contribution >= 4 is 12.0 Å². The lowest BCUT2D eigenvalue weighted by Crippen LogP contribution is -2.88. The number of carbonyl (C=O) groups is 2. The van der Waals surface area contributed by atoms with Gasteiger partial charge in [0.1, 0.15) is 0 Å². The van der Waals surface area contributed by atoms with Gasteiger partial charge in [0.2, 0.25) is 0 Å². The van der Waals surface area contributed by atoms with Crippen molar-refractivity contribution in [2.45, 2.75) is 13.0 Å². The molecule has 1 aliphatic heterocycles. The SMILES string of the molecule is CCOC(=O)N1CCN(C(=O)C[NH2+][C@H](c2ccccc2)c2ccco2)CC1. The number of piperazine rings is 1. The fraction of sp³-hybridized carbons (Fsp3) is 0.400. The predicted molar refractivity (Wildman–Crippen MR) is 99.0 cm³/mol. The Morgan fingerprint density at radius 3 is 2.41 bits per heavy atom. The van der Waals surface area contributed by atoms with Crippen LogP contribution in [0.5, 0.6) is 0 Å². The van der Waals surface area contributed by atoms with Gasteiger partial charge in [-0.2, -0.15) is 0 Å². The van der Waals surface area contributed by atoms with Crippen LogP contribution >= 0.6 is 0 Å². The molecule has 2 aromatic rings. The summed E-state index contributed by atoms with van der Waals surface area (Å²) in [5.74, 6) is 0.882. The van der Waals surface area contributed by atoms with E-state index in [2.05, 4.69) is 0 Å². The Kier molecular flexibility index (Phi) is 6.49. The summed E-state index contributed by atoms with van der Waals surface area (Å²) in [6.45, 7) is 4.54. The minimum absolute atomic E-state index is 0.0611. The fourth-order valence-corrected chi connectivity index (χ4v) is 3.25. The van der Waals surface area contributed by atoms with Crippen molar-refractivity contribution in [1.82, 2.24) is 9.80 Å². The Balaban J connectivity index is 1.55. The molecule has 7 nitrogen and oxygen atoms in total. The smallest absolute Gasteiger partial charge is 0.409 e. The molecule has 0 spiro atoms. The van der Waals surface area contributed by atoms with Gasteiger partial charge in [0.05, 0.1) is 12.9 Å². The maximum Gasteiger partial charge on any atom is 0.409 e. The molecule has 1 fully saturated rings. The number of ether oxygens (including phenoxy) is 1. The van der Waals surface area contributed by atoms with E-state index < -0.39 is 0 Å². The average molecular weight is 372 g/mol. The second-order valence-corrected chi connectivity index (χ2v) is 6.41. The number of hydrogen-bond donors (Lipinski definition) is 1. The summed E-state index contributed by atoms with van der Waals surface area (Å²) in [5, 5.41) is 1.99. The number of quaternary nitrogens is 1. The second-order valence-electron chi connectivity index (χ2n) is 6.41. The highest BCUT2D eigenvalue weighted by atomic mass is 16.6. The Hall–Kier alpha value is -2.80. The van der Waals surface area contributed by atoms with Gasteiger partial charge in [0.25, 0.3) is 5.91 Å². The third-order valence-electron chi connectivity index (χ3n) is 4.69. The fourth-order valence-electron chi connectivity index (χ4n) is 3.25. The average Bonchev–Trinajstić information content (AvgIpc) is 3.23. The van der Waals surface area contributed by atoms with Gasteiger partial charge in [-0.3, -0.25) is 4.79 Å². The van der Waals surface area contributed by atoms with E-state index in [4.69, 9.17) is 9.15 Å². The molecule has 144 valence electrons. The molecule has 7 heteroatoms. The van der Waals surface area contributed by atoms with Crippen LogP contribution in [-0.2, 0) is 9.53 Å². The third kappa shape index (κ3) is 4.89. The predicted octanol–water partition coefficient (Wildman–Crippen LogP) is 1.23. The molecule has 3 rings (SSSR count). The molecule has 1 atom stereocenters. The molecule has 0 saturated carbocycles. The van der Waals surface area contributed by atoms with Crippen molar-refractivity contribution in [3.05, 3.63) is 60.1 Å². The molecule has 2 N–H and O–H groups in total. The van der Waals surface area contributed by atoms with Gasteiger partial charge in [0, 0.05) is 31.7 Å². The van der Waals surface area contributed by atoms with E-state index >= 15 is 0 Å². The van der Waals surface area contributed by atoms with E-state index in [1.54, 1.807) is 23.0 Å². The third-order valence-corrected chi connectivity index (χ3v) is 4.69. The van der Waals surface area contributed by atoms with Gasteiger partial charge in [-0.25, -0.2) is 4.79 Å². The number of rotatable bonds is 6. The van der Waals surface area contributed by atoms with Crippen LogP contribution in [0.1, 0.15) is 24.3 Å². The van der Waals surface area contributed by atoms with Crippen molar-refractivity contribution in [2.75, 3.05) is 39.3 Å². The molecule has 0 unspecified atom stereocenters. The Bertz CT molecular complexity index is 725. The zero-order chi connectivity index (χ0) is 19.1. The first-order valence-corrected chi connectivity index (χ1v) is 9.30. The molecule has 1 aromatic carbocycles. The van der Waals surface area contributed by atoms with E-state index in [9.17, 15) is 9.59 Å². The topological polar surface area (TPSA) is 79.6 Å². The van der Waals surface area contributed by atoms with Crippen LogP contribution in [0.3, 0.4) is 0 Å². The van der Waals surface area contributed by atoms with Crippen LogP contribution in [0.15, 0.2) is 53.1 Å². The highest BCUT2D eigenvalue weighted by Gasteiger charge is 2.27. The van der Waals surface area contributed by atoms with Gasteiger partial charge in [0.15, 0.2) is 18.3 Å². The van der Waals surface area contributed by atoms with Crippen LogP contribution in [-0.4, -0.2) is 61.1 Å². The molecular formula is C20H26N3O4+. The molecular weight excluding hydrogens is 346 g/mol. The minimum atomic E-state index is -0.307. The molecule has 0 radical (unpaired) electrons. The zero-order valence-electron chi connectivity index (χ0n) is 15.5. The lowest BCUT2D eigenvalue weighted by molar-refractivity contribution is -0.679. The number of carbonyl (C=O) groups excluding carboxylic acids is 2. The quantitative estimate of drug-likeness (QED) is 0.827. The second kappa shape index (κ2) is 9.23. The highest BCUT2D eigenvalue weighted by molar-refractivity contribution is 5.77. The number of furan rings is 1. The lowest BCUT2D eigenvalue weighted by Gasteiger charge is -2.33. The molecule has 2 heterocycles. The monoisotopic (exact) mass is 372 g/mol. The maximum absolute atomic E-state index is 12.6. The van der Waals surface area contributed by atoms with Crippen molar-refractivity contribution in [2.24, 2.45) is 0 Å². The van der Waals surface area contributed by atoms with Gasteiger partial charge in [-0.15, -0.1) is 0 Å². The van der Waals surface area contributed by atoms with Crippen LogP contribution in [0.25, 0.3) is 0 Å². The molecule has 1 aliphatic rings. The van der Waals surface area contributed by atoms with Crippen LogP contribution < -0.4 is 5.32 Å². The lowest BCUT2D eigenvalue weighted by atomic mass is 10.0. The maximum atomic E-state index is 12.6. The summed E-state index contributed by atoms with van der Waals surface area (Å²) in [5.41, 5.74) is 1.09. The summed E-state index contributed by atoms with van der Waals surface area (Å²) < 4.78 is 10.6. The summed E-state index contributed by atoms with van der Waals surface area (Å²) in [6.07, 6.45) is 1.34. The molecule has 2 amide bonds. The normalized spacial score (nSPS) is 15.4. The highest BCUT2D eigenvalue weighted by Crippen LogP contribution is 2.18. The zero-order valence-corrected chi connectivity index (χ0v) is 15.5.